The zero-order chi connectivity index (χ0) is 16.5. The van der Waals surface area contributed by atoms with Crippen LogP contribution in [-0.2, 0) is 6.18 Å². The third-order valence-electron chi connectivity index (χ3n) is 3.38. The van der Waals surface area contributed by atoms with Gasteiger partial charge in [0.2, 0.25) is 0 Å². The number of carbonyl (C=O) groups excluding carboxylic acids is 1. The van der Waals surface area contributed by atoms with Crippen LogP contribution >= 0.6 is 11.6 Å². The van der Waals surface area contributed by atoms with Crippen LogP contribution in [0.4, 0.5) is 23.8 Å². The fraction of sp³-hybridized carbons (Fsp3) is 0.538. The molecule has 1 aliphatic rings. The number of aromatic nitrogens is 1. The molecule has 0 unspecified atom stereocenters. The van der Waals surface area contributed by atoms with Crippen molar-refractivity contribution in [2.45, 2.75) is 6.18 Å². The van der Waals surface area contributed by atoms with Crippen molar-refractivity contribution in [2.75, 3.05) is 45.2 Å². The molecule has 0 N–H and O–H groups in total. The number of anilines is 1. The highest BCUT2D eigenvalue weighted by Crippen LogP contribution is 2.33. The van der Waals surface area contributed by atoms with E-state index in [0.29, 0.717) is 32.0 Å². The molecule has 0 atom stereocenters. The van der Waals surface area contributed by atoms with Gasteiger partial charge in [-0.3, -0.25) is 0 Å². The number of hydrogen-bond donors (Lipinski definition) is 0. The van der Waals surface area contributed by atoms with E-state index < -0.39 is 11.7 Å². The van der Waals surface area contributed by atoms with Gasteiger partial charge in [-0.15, -0.1) is 0 Å². The van der Waals surface area contributed by atoms with Gasteiger partial charge in [-0.25, -0.2) is 9.78 Å². The highest BCUT2D eigenvalue weighted by atomic mass is 35.5. The Hall–Kier alpha value is -1.70. The molecule has 0 radical (unpaired) electrons. The predicted octanol–water partition coefficient (Wildman–Crippen LogP) is 2.56. The molecule has 2 heterocycles. The summed E-state index contributed by atoms with van der Waals surface area (Å²) in [5.41, 5.74) is -0.873. The summed E-state index contributed by atoms with van der Waals surface area (Å²) in [6, 6.07) is 0.785. The Balaban J connectivity index is 2.07. The monoisotopic (exact) mass is 336 g/mol. The second-order valence-corrected chi connectivity index (χ2v) is 5.59. The first kappa shape index (κ1) is 16.7. The van der Waals surface area contributed by atoms with Crippen molar-refractivity contribution in [2.24, 2.45) is 0 Å². The molecule has 2 rings (SSSR count). The van der Waals surface area contributed by atoms with E-state index in [1.807, 2.05) is 0 Å². The molecular formula is C13H16ClF3N4O. The summed E-state index contributed by atoms with van der Waals surface area (Å²) in [6.45, 7) is 1.88. The molecule has 0 spiro atoms. The number of rotatable bonds is 1. The maximum atomic E-state index is 12.6. The van der Waals surface area contributed by atoms with Crippen molar-refractivity contribution in [1.82, 2.24) is 14.8 Å². The lowest BCUT2D eigenvalue weighted by Gasteiger charge is -2.36. The van der Waals surface area contributed by atoms with Gasteiger partial charge >= 0.3 is 12.2 Å². The molecule has 1 saturated heterocycles. The number of halogens is 4. The van der Waals surface area contributed by atoms with Crippen LogP contribution in [0.1, 0.15) is 5.56 Å². The number of nitrogens with zero attached hydrogens (tertiary/aromatic N) is 4. The SMILES string of the molecule is CN(C)C(=O)N1CCN(c2ncc(C(F)(F)F)cc2Cl)CC1. The molecule has 0 bridgehead atoms. The van der Waals surface area contributed by atoms with Crippen LogP contribution in [0.25, 0.3) is 0 Å². The maximum Gasteiger partial charge on any atom is 0.417 e. The van der Waals surface area contributed by atoms with Gasteiger partial charge in [-0.1, -0.05) is 11.6 Å². The Bertz CT molecular complexity index is 557. The van der Waals surface area contributed by atoms with Gasteiger partial charge in [0.25, 0.3) is 0 Å². The van der Waals surface area contributed by atoms with E-state index >= 15 is 0 Å². The van der Waals surface area contributed by atoms with Gasteiger partial charge in [0, 0.05) is 46.5 Å². The Morgan fingerprint density at radius 2 is 1.86 bits per heavy atom. The molecule has 0 aliphatic carbocycles. The van der Waals surface area contributed by atoms with E-state index in [4.69, 9.17) is 11.6 Å². The van der Waals surface area contributed by atoms with Crippen LogP contribution in [0.15, 0.2) is 12.3 Å². The van der Waals surface area contributed by atoms with Gasteiger partial charge in [0.1, 0.15) is 5.82 Å². The molecular weight excluding hydrogens is 321 g/mol. The largest absolute Gasteiger partial charge is 0.417 e. The topological polar surface area (TPSA) is 39.7 Å². The van der Waals surface area contributed by atoms with Crippen LogP contribution in [0, 0.1) is 0 Å². The summed E-state index contributed by atoms with van der Waals surface area (Å²) in [5.74, 6) is 0.312. The first-order valence-electron chi connectivity index (χ1n) is 6.64. The molecule has 9 heteroatoms. The molecule has 22 heavy (non-hydrogen) atoms. The lowest BCUT2D eigenvalue weighted by Crippen LogP contribution is -2.51. The van der Waals surface area contributed by atoms with Gasteiger partial charge in [0.15, 0.2) is 0 Å². The van der Waals surface area contributed by atoms with Crippen molar-refractivity contribution in [3.05, 3.63) is 22.8 Å². The average Bonchev–Trinajstić information content (AvgIpc) is 2.45. The van der Waals surface area contributed by atoms with E-state index in [-0.39, 0.29) is 11.1 Å². The van der Waals surface area contributed by atoms with Crippen molar-refractivity contribution in [3.63, 3.8) is 0 Å². The summed E-state index contributed by atoms with van der Waals surface area (Å²) in [6.07, 6.45) is -3.69. The minimum absolute atomic E-state index is 0.0396. The van der Waals surface area contributed by atoms with Gasteiger partial charge in [-0.2, -0.15) is 13.2 Å². The summed E-state index contributed by atoms with van der Waals surface area (Å²) < 4.78 is 37.8. The zero-order valence-corrected chi connectivity index (χ0v) is 12.9. The van der Waals surface area contributed by atoms with Crippen LogP contribution in [0.5, 0.6) is 0 Å². The fourth-order valence-electron chi connectivity index (χ4n) is 2.21. The van der Waals surface area contributed by atoms with Crippen LogP contribution in [-0.4, -0.2) is 61.1 Å². The first-order valence-corrected chi connectivity index (χ1v) is 7.02. The fourth-order valence-corrected chi connectivity index (χ4v) is 2.50. The van der Waals surface area contributed by atoms with Gasteiger partial charge < -0.3 is 14.7 Å². The van der Waals surface area contributed by atoms with E-state index in [1.165, 1.54) is 4.90 Å². The predicted molar refractivity (Wildman–Crippen MR) is 77.1 cm³/mol. The van der Waals surface area contributed by atoms with Crippen molar-refractivity contribution in [1.29, 1.82) is 0 Å². The number of pyridine rings is 1. The van der Waals surface area contributed by atoms with Crippen LogP contribution < -0.4 is 4.90 Å². The second-order valence-electron chi connectivity index (χ2n) is 5.18. The van der Waals surface area contributed by atoms with Crippen molar-refractivity contribution in [3.8, 4) is 0 Å². The molecule has 5 nitrogen and oxygen atoms in total. The third kappa shape index (κ3) is 3.55. The standard InChI is InChI=1S/C13H16ClF3N4O/c1-19(2)12(22)21-5-3-20(4-6-21)11-10(14)7-9(8-18-11)13(15,16)17/h7-8H,3-6H2,1-2H3. The molecule has 1 aromatic rings. The molecule has 2 amide bonds. The number of carbonyl (C=O) groups is 1. The minimum atomic E-state index is -4.47. The van der Waals surface area contributed by atoms with Crippen molar-refractivity contribution >= 4 is 23.4 Å². The van der Waals surface area contributed by atoms with Crippen molar-refractivity contribution < 1.29 is 18.0 Å². The number of piperazine rings is 1. The molecule has 122 valence electrons. The highest BCUT2D eigenvalue weighted by molar-refractivity contribution is 6.33. The Labute approximate surface area is 131 Å². The molecule has 1 fully saturated rings. The van der Waals surface area contributed by atoms with E-state index in [9.17, 15) is 18.0 Å². The minimum Gasteiger partial charge on any atom is -0.352 e. The van der Waals surface area contributed by atoms with E-state index in [0.717, 1.165) is 12.3 Å². The number of alkyl halides is 3. The number of amides is 2. The lowest BCUT2D eigenvalue weighted by molar-refractivity contribution is -0.137. The lowest BCUT2D eigenvalue weighted by atomic mass is 10.2. The Morgan fingerprint density at radius 1 is 1.27 bits per heavy atom. The molecule has 0 saturated carbocycles. The van der Waals surface area contributed by atoms with Gasteiger partial charge in [-0.05, 0) is 6.07 Å². The number of hydrogen-bond acceptors (Lipinski definition) is 3. The average molecular weight is 337 g/mol. The summed E-state index contributed by atoms with van der Waals surface area (Å²) in [4.78, 5) is 20.6. The quantitative estimate of drug-likeness (QED) is 0.791. The summed E-state index contributed by atoms with van der Waals surface area (Å²) in [5, 5.41) is -0.0396. The molecule has 1 aliphatic heterocycles. The molecule has 0 aromatic carbocycles. The van der Waals surface area contributed by atoms with Crippen LogP contribution in [0.3, 0.4) is 0 Å². The summed E-state index contributed by atoms with van der Waals surface area (Å²) in [7, 11) is 3.34. The molecule has 1 aromatic heterocycles. The Kier molecular flexibility index (Phi) is 4.69. The Morgan fingerprint density at radius 3 is 2.32 bits per heavy atom. The first-order chi connectivity index (χ1) is 10.2. The van der Waals surface area contributed by atoms with E-state index in [1.54, 1.807) is 23.9 Å². The number of urea groups is 1. The van der Waals surface area contributed by atoms with Crippen LogP contribution in [0.2, 0.25) is 5.02 Å². The zero-order valence-electron chi connectivity index (χ0n) is 12.2. The highest BCUT2D eigenvalue weighted by Gasteiger charge is 2.32. The normalized spacial score (nSPS) is 15.9. The smallest absolute Gasteiger partial charge is 0.352 e. The summed E-state index contributed by atoms with van der Waals surface area (Å²) >= 11 is 5.93. The third-order valence-corrected chi connectivity index (χ3v) is 3.66. The van der Waals surface area contributed by atoms with Gasteiger partial charge in [0.05, 0.1) is 10.6 Å². The second kappa shape index (κ2) is 6.20. The van der Waals surface area contributed by atoms with E-state index in [2.05, 4.69) is 4.98 Å². The maximum absolute atomic E-state index is 12.6.